The Hall–Kier alpha value is -0.920. The summed E-state index contributed by atoms with van der Waals surface area (Å²) in [5.41, 5.74) is 0.773. The molecule has 0 aliphatic carbocycles. The van der Waals surface area contributed by atoms with Crippen molar-refractivity contribution in [1.82, 2.24) is 20.0 Å². The van der Waals surface area contributed by atoms with E-state index in [9.17, 15) is 8.42 Å². The number of rotatable bonds is 6. The van der Waals surface area contributed by atoms with Crippen LogP contribution in [-0.2, 0) is 16.6 Å². The minimum absolute atomic E-state index is 0.179. The van der Waals surface area contributed by atoms with Gasteiger partial charge in [0, 0.05) is 17.9 Å². The third-order valence-electron chi connectivity index (χ3n) is 3.18. The second kappa shape index (κ2) is 6.31. The largest absolute Gasteiger partial charge is 0.347 e. The molecule has 7 heteroatoms. The Morgan fingerprint density at radius 3 is 3.00 bits per heavy atom. The van der Waals surface area contributed by atoms with Crippen molar-refractivity contribution < 1.29 is 8.42 Å². The second-order valence-corrected chi connectivity index (χ2v) is 6.58. The van der Waals surface area contributed by atoms with Crippen molar-refractivity contribution in [3.8, 4) is 0 Å². The van der Waals surface area contributed by atoms with Crippen LogP contribution < -0.4 is 10.0 Å². The van der Waals surface area contributed by atoms with Crippen molar-refractivity contribution in [1.29, 1.82) is 0 Å². The molecule has 2 rings (SSSR count). The van der Waals surface area contributed by atoms with Gasteiger partial charge in [0.1, 0.15) is 0 Å². The molecule has 1 atom stereocenters. The molecule has 1 aromatic rings. The summed E-state index contributed by atoms with van der Waals surface area (Å²) >= 11 is 0. The molecule has 1 fully saturated rings. The summed E-state index contributed by atoms with van der Waals surface area (Å²) in [4.78, 5) is 6.71. The molecule has 0 saturated carbocycles. The lowest BCUT2D eigenvalue weighted by atomic mass is 10.0. The highest BCUT2D eigenvalue weighted by Crippen LogP contribution is 2.10. The number of hydrogen-bond donors (Lipinski definition) is 3. The maximum atomic E-state index is 11.8. The summed E-state index contributed by atoms with van der Waals surface area (Å²) in [6.45, 7) is 1.28. The predicted molar refractivity (Wildman–Crippen MR) is 69.5 cm³/mol. The number of sulfonamides is 1. The standard InChI is InChI=1S/C11H20N4O2S/c16-18(17,15-8-11-7-12-9-14-11)6-4-10-3-1-2-5-13-10/h7,9-10,13,15H,1-6,8H2,(H,12,14). The molecule has 102 valence electrons. The maximum absolute atomic E-state index is 11.8. The minimum Gasteiger partial charge on any atom is -0.347 e. The van der Waals surface area contributed by atoms with Crippen LogP contribution >= 0.6 is 0 Å². The fourth-order valence-corrected chi connectivity index (χ4v) is 3.22. The second-order valence-electron chi connectivity index (χ2n) is 4.65. The molecule has 0 spiro atoms. The molecule has 0 radical (unpaired) electrons. The van der Waals surface area contributed by atoms with E-state index in [-0.39, 0.29) is 12.3 Å². The first kappa shape index (κ1) is 13.5. The molecular weight excluding hydrogens is 252 g/mol. The van der Waals surface area contributed by atoms with Crippen molar-refractivity contribution in [3.63, 3.8) is 0 Å². The van der Waals surface area contributed by atoms with Gasteiger partial charge in [0.2, 0.25) is 10.0 Å². The van der Waals surface area contributed by atoms with Gasteiger partial charge in [0.25, 0.3) is 0 Å². The molecule has 6 nitrogen and oxygen atoms in total. The molecular formula is C11H20N4O2S. The Morgan fingerprint density at radius 1 is 1.44 bits per heavy atom. The van der Waals surface area contributed by atoms with E-state index >= 15 is 0 Å². The average molecular weight is 272 g/mol. The zero-order valence-electron chi connectivity index (χ0n) is 10.4. The van der Waals surface area contributed by atoms with E-state index in [1.807, 2.05) is 0 Å². The van der Waals surface area contributed by atoms with Crippen LogP contribution in [0.5, 0.6) is 0 Å². The molecule has 1 aromatic heterocycles. The first-order valence-electron chi connectivity index (χ1n) is 6.34. The van der Waals surface area contributed by atoms with E-state index in [0.29, 0.717) is 12.5 Å². The van der Waals surface area contributed by atoms with Gasteiger partial charge in [-0.2, -0.15) is 0 Å². The van der Waals surface area contributed by atoms with Gasteiger partial charge in [-0.3, -0.25) is 0 Å². The Balaban J connectivity index is 1.73. The predicted octanol–water partition coefficient (Wildman–Crippen LogP) is 0.361. The number of hydrogen-bond acceptors (Lipinski definition) is 4. The van der Waals surface area contributed by atoms with Crippen LogP contribution in [0.1, 0.15) is 31.4 Å². The minimum atomic E-state index is -3.19. The number of piperidine rings is 1. The quantitative estimate of drug-likeness (QED) is 0.698. The number of nitrogens with one attached hydrogen (secondary N) is 3. The number of aromatic nitrogens is 2. The van der Waals surface area contributed by atoms with E-state index in [2.05, 4.69) is 20.0 Å². The van der Waals surface area contributed by atoms with E-state index in [0.717, 1.165) is 18.7 Å². The summed E-state index contributed by atoms with van der Waals surface area (Å²) in [7, 11) is -3.19. The molecule has 1 aliphatic heterocycles. The van der Waals surface area contributed by atoms with Crippen LogP contribution in [0.15, 0.2) is 12.5 Å². The first-order valence-corrected chi connectivity index (χ1v) is 7.99. The first-order chi connectivity index (χ1) is 8.66. The fourth-order valence-electron chi connectivity index (χ4n) is 2.11. The van der Waals surface area contributed by atoms with Gasteiger partial charge in [0.15, 0.2) is 0 Å². The summed E-state index contributed by atoms with van der Waals surface area (Å²) in [5.74, 6) is 0.179. The van der Waals surface area contributed by atoms with E-state index in [1.54, 1.807) is 6.20 Å². The zero-order chi connectivity index (χ0) is 12.8. The monoisotopic (exact) mass is 272 g/mol. The number of imidazole rings is 1. The average Bonchev–Trinajstić information content (AvgIpc) is 2.89. The number of aromatic amines is 1. The third kappa shape index (κ3) is 4.40. The van der Waals surface area contributed by atoms with Gasteiger partial charge in [-0.25, -0.2) is 18.1 Å². The summed E-state index contributed by atoms with van der Waals surface area (Å²) in [6.07, 6.45) is 7.30. The van der Waals surface area contributed by atoms with E-state index in [1.165, 1.54) is 19.2 Å². The maximum Gasteiger partial charge on any atom is 0.212 e. The molecule has 1 unspecified atom stereocenters. The van der Waals surface area contributed by atoms with Gasteiger partial charge < -0.3 is 10.3 Å². The lowest BCUT2D eigenvalue weighted by molar-refractivity contribution is 0.392. The van der Waals surface area contributed by atoms with Crippen LogP contribution in [0, 0.1) is 0 Å². The van der Waals surface area contributed by atoms with Crippen LogP contribution in [0.4, 0.5) is 0 Å². The number of nitrogens with zero attached hydrogens (tertiary/aromatic N) is 1. The molecule has 2 heterocycles. The van der Waals surface area contributed by atoms with Crippen LogP contribution in [0.2, 0.25) is 0 Å². The Kier molecular flexibility index (Phi) is 4.73. The van der Waals surface area contributed by atoms with Crippen molar-refractivity contribution in [3.05, 3.63) is 18.2 Å². The van der Waals surface area contributed by atoms with Crippen LogP contribution in [0.3, 0.4) is 0 Å². The Labute approximate surface area is 108 Å². The third-order valence-corrected chi connectivity index (χ3v) is 4.54. The van der Waals surface area contributed by atoms with Crippen molar-refractivity contribution in [2.45, 2.75) is 38.3 Å². The van der Waals surface area contributed by atoms with E-state index < -0.39 is 10.0 Å². The van der Waals surface area contributed by atoms with Crippen LogP contribution in [0.25, 0.3) is 0 Å². The van der Waals surface area contributed by atoms with Gasteiger partial charge in [-0.05, 0) is 25.8 Å². The summed E-state index contributed by atoms with van der Waals surface area (Å²) < 4.78 is 26.2. The van der Waals surface area contributed by atoms with Gasteiger partial charge in [-0.1, -0.05) is 6.42 Å². The molecule has 18 heavy (non-hydrogen) atoms. The lowest BCUT2D eigenvalue weighted by Crippen LogP contribution is -2.37. The molecule has 3 N–H and O–H groups in total. The number of H-pyrrole nitrogens is 1. The smallest absolute Gasteiger partial charge is 0.212 e. The Morgan fingerprint density at radius 2 is 2.33 bits per heavy atom. The van der Waals surface area contributed by atoms with Gasteiger partial charge in [-0.15, -0.1) is 0 Å². The topological polar surface area (TPSA) is 86.9 Å². The highest BCUT2D eigenvalue weighted by Gasteiger charge is 2.17. The van der Waals surface area contributed by atoms with Gasteiger partial charge >= 0.3 is 0 Å². The molecule has 0 bridgehead atoms. The zero-order valence-corrected chi connectivity index (χ0v) is 11.2. The molecule has 0 amide bonds. The Bertz CT molecular complexity index is 438. The highest BCUT2D eigenvalue weighted by molar-refractivity contribution is 7.89. The molecule has 1 aliphatic rings. The van der Waals surface area contributed by atoms with Crippen molar-refractivity contribution in [2.75, 3.05) is 12.3 Å². The SMILES string of the molecule is O=S(=O)(CCC1CCCCN1)NCc1cnc[nH]1. The van der Waals surface area contributed by atoms with Crippen LogP contribution in [-0.4, -0.2) is 36.7 Å². The lowest BCUT2D eigenvalue weighted by Gasteiger charge is -2.23. The molecule has 1 saturated heterocycles. The molecule has 0 aromatic carbocycles. The van der Waals surface area contributed by atoms with Crippen molar-refractivity contribution in [2.24, 2.45) is 0 Å². The fraction of sp³-hybridized carbons (Fsp3) is 0.727. The normalized spacial score (nSPS) is 21.0. The summed E-state index contributed by atoms with van der Waals surface area (Å²) in [6, 6.07) is 0.350. The summed E-state index contributed by atoms with van der Waals surface area (Å²) in [5, 5.41) is 3.35. The van der Waals surface area contributed by atoms with E-state index in [4.69, 9.17) is 0 Å². The van der Waals surface area contributed by atoms with Gasteiger partial charge in [0.05, 0.1) is 18.6 Å². The highest BCUT2D eigenvalue weighted by atomic mass is 32.2. The van der Waals surface area contributed by atoms with Crippen molar-refractivity contribution >= 4 is 10.0 Å².